The van der Waals surface area contributed by atoms with E-state index in [2.05, 4.69) is 46.6 Å². The van der Waals surface area contributed by atoms with E-state index in [4.69, 9.17) is 11.2 Å². The summed E-state index contributed by atoms with van der Waals surface area (Å²) in [5.41, 5.74) is 3.87. The van der Waals surface area contributed by atoms with Gasteiger partial charge >= 0.3 is 0 Å². The van der Waals surface area contributed by atoms with Gasteiger partial charge in [-0.1, -0.05) is 30.7 Å². The molecule has 1 N–H and O–H groups in total. The Bertz CT molecular complexity index is 762. The highest BCUT2D eigenvalue weighted by Gasteiger charge is 2.18. The first-order valence-electron chi connectivity index (χ1n) is 8.64. The van der Waals surface area contributed by atoms with Crippen molar-refractivity contribution in [2.75, 3.05) is 44.7 Å². The predicted octanol–water partition coefficient (Wildman–Crippen LogP) is 2.49. The number of morpholine rings is 1. The van der Waals surface area contributed by atoms with Crippen LogP contribution in [0.5, 0.6) is 0 Å². The lowest BCUT2D eigenvalue weighted by molar-refractivity contribution is 0.0398. The first-order valence-corrected chi connectivity index (χ1v) is 8.64. The zero-order valence-electron chi connectivity index (χ0n) is 13.9. The van der Waals surface area contributed by atoms with Crippen molar-refractivity contribution in [3.8, 4) is 12.5 Å². The third-order valence-corrected chi connectivity index (χ3v) is 4.97. The van der Waals surface area contributed by atoms with Gasteiger partial charge in [0.1, 0.15) is 0 Å². The van der Waals surface area contributed by atoms with Gasteiger partial charge in [0.25, 0.3) is 0 Å². The van der Waals surface area contributed by atoms with Gasteiger partial charge in [0.2, 0.25) is 0 Å². The molecule has 0 aliphatic carbocycles. The molecule has 124 valence electrons. The third-order valence-electron chi connectivity index (χ3n) is 4.97. The number of rotatable bonds is 4. The van der Waals surface area contributed by atoms with E-state index in [1.807, 2.05) is 4.90 Å². The first-order chi connectivity index (χ1) is 11.8. The van der Waals surface area contributed by atoms with Crippen LogP contribution in [0.1, 0.15) is 11.1 Å². The summed E-state index contributed by atoms with van der Waals surface area (Å²) in [6, 6.07) is 13.7. The molecule has 0 aromatic heterocycles. The molecule has 2 aromatic carbocycles. The molecule has 0 bridgehead atoms. The van der Waals surface area contributed by atoms with Gasteiger partial charge in [-0.2, -0.15) is 0 Å². The molecule has 2 aromatic rings. The Morgan fingerprint density at radius 1 is 1.08 bits per heavy atom. The molecule has 0 unspecified atom stereocenters. The average Bonchev–Trinajstić information content (AvgIpc) is 2.64. The number of anilines is 1. The maximum atomic E-state index is 5.60. The summed E-state index contributed by atoms with van der Waals surface area (Å²) in [6.07, 6.45) is 5.60. The fourth-order valence-electron chi connectivity index (χ4n) is 3.71. The molecule has 0 atom stereocenters. The first kappa shape index (κ1) is 15.3. The number of hydrogen-bond donors (Lipinski definition) is 1. The van der Waals surface area contributed by atoms with Crippen LogP contribution in [-0.4, -0.2) is 49.2 Å². The monoisotopic (exact) mass is 321 g/mol. The van der Waals surface area contributed by atoms with E-state index in [-0.39, 0.29) is 0 Å². The van der Waals surface area contributed by atoms with Crippen molar-refractivity contribution in [2.24, 2.45) is 0 Å². The average molecular weight is 321 g/mol. The van der Waals surface area contributed by atoms with Gasteiger partial charge < -0.3 is 15.0 Å². The summed E-state index contributed by atoms with van der Waals surface area (Å²) in [7, 11) is 0. The second-order valence-corrected chi connectivity index (χ2v) is 6.48. The van der Waals surface area contributed by atoms with Crippen molar-refractivity contribution >= 4 is 16.5 Å². The van der Waals surface area contributed by atoms with E-state index in [1.165, 1.54) is 27.6 Å². The third kappa shape index (κ3) is 2.93. The summed E-state index contributed by atoms with van der Waals surface area (Å²) >= 11 is 0. The normalized spacial score (nSPS) is 17.7. The fraction of sp³-hybridized carbons (Fsp3) is 0.400. The lowest BCUT2D eigenvalue weighted by Gasteiger charge is -2.28. The van der Waals surface area contributed by atoms with Crippen LogP contribution in [0.4, 0.5) is 5.69 Å². The van der Waals surface area contributed by atoms with Crippen LogP contribution >= 0.6 is 0 Å². The summed E-state index contributed by atoms with van der Waals surface area (Å²) in [5.74, 6) is 0. The van der Waals surface area contributed by atoms with Crippen LogP contribution < -0.4 is 5.32 Å². The second-order valence-electron chi connectivity index (χ2n) is 6.48. The minimum atomic E-state index is 0.831. The highest BCUT2D eigenvalue weighted by molar-refractivity contribution is 5.98. The van der Waals surface area contributed by atoms with Gasteiger partial charge in [0.05, 0.1) is 26.3 Å². The zero-order chi connectivity index (χ0) is 16.4. The van der Waals surface area contributed by atoms with Crippen LogP contribution in [0, 0.1) is 12.5 Å². The Morgan fingerprint density at radius 3 is 2.67 bits per heavy atom. The minimum Gasteiger partial charge on any atom is -0.383 e. The summed E-state index contributed by atoms with van der Waals surface area (Å²) in [4.78, 5) is 4.48. The molecular weight excluding hydrogens is 298 g/mol. The molecule has 2 heterocycles. The van der Waals surface area contributed by atoms with E-state index in [0.717, 1.165) is 52.5 Å². The highest BCUT2D eigenvalue weighted by Crippen LogP contribution is 2.34. The fourth-order valence-corrected chi connectivity index (χ4v) is 3.71. The molecule has 2 aliphatic rings. The van der Waals surface area contributed by atoms with Crippen LogP contribution in [0.2, 0.25) is 0 Å². The molecule has 0 radical (unpaired) electrons. The Hall–Kier alpha value is -2.22. The molecular formula is C20H23N3O. The minimum absolute atomic E-state index is 0.831. The van der Waals surface area contributed by atoms with Gasteiger partial charge in [-0.25, -0.2) is 0 Å². The molecule has 1 fully saturated rings. The topological polar surface area (TPSA) is 27.7 Å². The van der Waals surface area contributed by atoms with E-state index in [9.17, 15) is 0 Å². The molecule has 24 heavy (non-hydrogen) atoms. The highest BCUT2D eigenvalue weighted by atomic mass is 16.5. The largest absolute Gasteiger partial charge is 0.383 e. The molecule has 4 nitrogen and oxygen atoms in total. The standard InChI is InChI=1S/C20H23N3O/c1-2-22-14-16-4-3-5-18-19(7-6-17(15-22)20(16)18)21-8-9-23-10-12-24-13-11-23/h1,3-7,21H,8-15H2. The van der Waals surface area contributed by atoms with Crippen molar-refractivity contribution in [3.63, 3.8) is 0 Å². The van der Waals surface area contributed by atoms with E-state index >= 15 is 0 Å². The predicted molar refractivity (Wildman–Crippen MR) is 97.8 cm³/mol. The molecule has 0 saturated carbocycles. The Labute approximate surface area is 143 Å². The van der Waals surface area contributed by atoms with Gasteiger partial charge in [0, 0.05) is 43.3 Å². The maximum absolute atomic E-state index is 5.60. The summed E-state index contributed by atoms with van der Waals surface area (Å²) in [6.45, 7) is 7.45. The maximum Gasteiger partial charge on any atom is 0.0594 e. The Kier molecular flexibility index (Phi) is 4.29. The van der Waals surface area contributed by atoms with Gasteiger partial charge in [-0.05, 0) is 22.6 Å². The van der Waals surface area contributed by atoms with Crippen LogP contribution in [0.25, 0.3) is 10.8 Å². The van der Waals surface area contributed by atoms with Crippen molar-refractivity contribution in [1.29, 1.82) is 0 Å². The van der Waals surface area contributed by atoms with E-state index < -0.39 is 0 Å². The van der Waals surface area contributed by atoms with Gasteiger partial charge in [0.15, 0.2) is 0 Å². The number of hydrogen-bond acceptors (Lipinski definition) is 4. The molecule has 4 heteroatoms. The van der Waals surface area contributed by atoms with Crippen molar-refractivity contribution in [2.45, 2.75) is 13.1 Å². The van der Waals surface area contributed by atoms with Crippen LogP contribution in [0.15, 0.2) is 30.3 Å². The van der Waals surface area contributed by atoms with Gasteiger partial charge in [-0.3, -0.25) is 4.90 Å². The molecule has 0 amide bonds. The quantitative estimate of drug-likeness (QED) is 0.876. The van der Waals surface area contributed by atoms with Crippen molar-refractivity contribution < 1.29 is 4.74 Å². The molecule has 2 aliphatic heterocycles. The van der Waals surface area contributed by atoms with Crippen LogP contribution in [-0.2, 0) is 17.8 Å². The Morgan fingerprint density at radius 2 is 1.88 bits per heavy atom. The lowest BCUT2D eigenvalue weighted by Crippen LogP contribution is -2.39. The van der Waals surface area contributed by atoms with Crippen molar-refractivity contribution in [1.82, 2.24) is 9.80 Å². The molecule has 1 saturated heterocycles. The number of terminal acetylenes is 1. The zero-order valence-corrected chi connectivity index (χ0v) is 13.9. The van der Waals surface area contributed by atoms with E-state index in [1.54, 1.807) is 0 Å². The SMILES string of the molecule is C#CN1Cc2cccc3c(NCCN4CCOCC4)ccc(c23)C1. The number of nitrogens with one attached hydrogen (secondary N) is 1. The number of benzene rings is 2. The molecule has 4 rings (SSSR count). The van der Waals surface area contributed by atoms with E-state index in [0.29, 0.717) is 0 Å². The smallest absolute Gasteiger partial charge is 0.0594 e. The Balaban J connectivity index is 1.53. The summed E-state index contributed by atoms with van der Waals surface area (Å²) in [5, 5.41) is 6.31. The number of ether oxygens (including phenoxy) is 1. The molecule has 0 spiro atoms. The summed E-state index contributed by atoms with van der Waals surface area (Å²) < 4.78 is 5.40. The van der Waals surface area contributed by atoms with Crippen LogP contribution in [0.3, 0.4) is 0 Å². The second kappa shape index (κ2) is 6.72. The van der Waals surface area contributed by atoms with Gasteiger partial charge in [-0.15, -0.1) is 0 Å². The van der Waals surface area contributed by atoms with Crippen molar-refractivity contribution in [3.05, 3.63) is 41.5 Å². The lowest BCUT2D eigenvalue weighted by atomic mass is 9.94. The number of nitrogens with zero attached hydrogens (tertiary/aromatic N) is 2.